The van der Waals surface area contributed by atoms with Crippen LogP contribution >= 0.6 is 11.6 Å². The van der Waals surface area contributed by atoms with Gasteiger partial charge in [-0.2, -0.15) is 13.2 Å². The van der Waals surface area contributed by atoms with Crippen LogP contribution in [0.3, 0.4) is 0 Å². The molecule has 0 aromatic heterocycles. The highest BCUT2D eigenvalue weighted by Gasteiger charge is 2.40. The van der Waals surface area contributed by atoms with Crippen LogP contribution in [0.1, 0.15) is 55.1 Å². The molecule has 1 saturated heterocycles. The molecule has 1 heterocycles. The minimum Gasteiger partial charge on any atom is -0.396 e. The summed E-state index contributed by atoms with van der Waals surface area (Å²) in [6.07, 6.45) is -4.47. The lowest BCUT2D eigenvalue weighted by Gasteiger charge is -2.43. The Bertz CT molecular complexity index is 871. The van der Waals surface area contributed by atoms with Gasteiger partial charge in [0.1, 0.15) is 0 Å². The third kappa shape index (κ3) is 5.53. The van der Waals surface area contributed by atoms with Gasteiger partial charge in [-0.3, -0.25) is 4.79 Å². The molecule has 3 rings (SSSR count). The van der Waals surface area contributed by atoms with E-state index in [4.69, 9.17) is 21.4 Å². The van der Waals surface area contributed by atoms with Crippen LogP contribution in [0.2, 0.25) is 5.02 Å². The minimum absolute atomic E-state index is 0.0208. The standard InChI is InChI=1S/C22H23ClF3NO3/c1-21(27-20(29)10-11-28)12-18(14-2-6-16(7-3-14)22(24,25)26)30-19(13-21)15-4-8-17(23)9-5-15/h2-9,18-19,28H,10-13H2,1H3,(H,27,29)/t18-,19+,21+/m1/s1. The fraction of sp³-hybridized carbons (Fsp3) is 0.409. The Hall–Kier alpha value is -2.09. The molecular weight excluding hydrogens is 419 g/mol. The number of halogens is 4. The second kappa shape index (κ2) is 8.96. The van der Waals surface area contributed by atoms with Crippen LogP contribution in [-0.4, -0.2) is 23.2 Å². The molecule has 1 amide bonds. The minimum atomic E-state index is -4.41. The molecule has 2 aromatic rings. The molecule has 1 fully saturated rings. The second-order valence-corrected chi connectivity index (χ2v) is 8.21. The molecule has 1 aliphatic heterocycles. The van der Waals surface area contributed by atoms with E-state index in [2.05, 4.69) is 5.32 Å². The molecule has 3 atom stereocenters. The Kier molecular flexibility index (Phi) is 6.75. The summed E-state index contributed by atoms with van der Waals surface area (Å²) in [6.45, 7) is 1.62. The van der Waals surface area contributed by atoms with Gasteiger partial charge < -0.3 is 15.2 Å². The zero-order valence-corrected chi connectivity index (χ0v) is 17.1. The van der Waals surface area contributed by atoms with Gasteiger partial charge in [0.2, 0.25) is 5.91 Å². The SMILES string of the molecule is C[C@@]1(NC(=O)CCO)C[C@@H](c2ccc(Cl)cc2)O[C@@H](c2ccc(C(F)(F)F)cc2)C1. The Morgan fingerprint density at radius 3 is 2.07 bits per heavy atom. The van der Waals surface area contributed by atoms with E-state index in [9.17, 15) is 18.0 Å². The van der Waals surface area contributed by atoms with Crippen molar-refractivity contribution in [3.63, 3.8) is 0 Å². The molecule has 30 heavy (non-hydrogen) atoms. The van der Waals surface area contributed by atoms with E-state index in [0.29, 0.717) is 23.4 Å². The van der Waals surface area contributed by atoms with Crippen molar-refractivity contribution < 1.29 is 27.8 Å². The lowest BCUT2D eigenvalue weighted by atomic mass is 9.81. The Morgan fingerprint density at radius 2 is 1.60 bits per heavy atom. The number of hydrogen-bond donors (Lipinski definition) is 2. The quantitative estimate of drug-likeness (QED) is 0.669. The van der Waals surface area contributed by atoms with Gasteiger partial charge in [-0.1, -0.05) is 35.9 Å². The number of alkyl halides is 3. The van der Waals surface area contributed by atoms with Crippen molar-refractivity contribution in [2.75, 3.05) is 6.61 Å². The fourth-order valence-electron chi connectivity index (χ4n) is 3.76. The molecule has 0 radical (unpaired) electrons. The molecular formula is C22H23ClF3NO3. The zero-order valence-electron chi connectivity index (χ0n) is 16.4. The second-order valence-electron chi connectivity index (χ2n) is 7.78. The fourth-order valence-corrected chi connectivity index (χ4v) is 3.88. The summed E-state index contributed by atoms with van der Waals surface area (Å²) in [4.78, 5) is 12.1. The first-order valence-corrected chi connectivity index (χ1v) is 9.97. The smallest absolute Gasteiger partial charge is 0.396 e. The summed E-state index contributed by atoms with van der Waals surface area (Å²) in [5.74, 6) is -0.289. The Labute approximate surface area is 178 Å². The predicted octanol–water partition coefficient (Wildman–Crippen LogP) is 5.21. The lowest BCUT2D eigenvalue weighted by molar-refractivity contribution is -0.138. The zero-order chi connectivity index (χ0) is 21.9. The molecule has 1 aliphatic rings. The van der Waals surface area contributed by atoms with Crippen LogP contribution in [0.15, 0.2) is 48.5 Å². The molecule has 4 nitrogen and oxygen atoms in total. The Balaban J connectivity index is 1.89. The van der Waals surface area contributed by atoms with E-state index in [1.165, 1.54) is 12.1 Å². The van der Waals surface area contributed by atoms with Crippen molar-refractivity contribution in [3.05, 3.63) is 70.2 Å². The average Bonchev–Trinajstić information content (AvgIpc) is 2.67. The topological polar surface area (TPSA) is 58.6 Å². The Morgan fingerprint density at radius 1 is 1.10 bits per heavy atom. The van der Waals surface area contributed by atoms with E-state index in [-0.39, 0.29) is 25.0 Å². The van der Waals surface area contributed by atoms with Crippen LogP contribution < -0.4 is 5.32 Å². The summed E-state index contributed by atoms with van der Waals surface area (Å²) in [5, 5.41) is 12.6. The summed E-state index contributed by atoms with van der Waals surface area (Å²) in [6, 6.07) is 12.0. The van der Waals surface area contributed by atoms with Gasteiger partial charge in [0.05, 0.1) is 24.4 Å². The maximum absolute atomic E-state index is 12.9. The van der Waals surface area contributed by atoms with Crippen molar-refractivity contribution in [2.45, 2.75) is 50.1 Å². The highest BCUT2D eigenvalue weighted by atomic mass is 35.5. The van der Waals surface area contributed by atoms with Crippen molar-refractivity contribution in [1.29, 1.82) is 0 Å². The number of aliphatic hydroxyl groups is 1. The number of rotatable bonds is 5. The number of carbonyl (C=O) groups is 1. The molecule has 0 saturated carbocycles. The van der Waals surface area contributed by atoms with Crippen LogP contribution in [0, 0.1) is 0 Å². The molecule has 2 aromatic carbocycles. The number of ether oxygens (including phenoxy) is 1. The first kappa shape index (κ1) is 22.6. The third-order valence-electron chi connectivity index (χ3n) is 5.23. The van der Waals surface area contributed by atoms with Crippen LogP contribution in [-0.2, 0) is 15.7 Å². The first-order valence-electron chi connectivity index (χ1n) is 9.59. The van der Waals surface area contributed by atoms with Crippen molar-refractivity contribution in [1.82, 2.24) is 5.32 Å². The number of carbonyl (C=O) groups excluding carboxylic acids is 1. The van der Waals surface area contributed by atoms with Gasteiger partial charge in [0, 0.05) is 29.8 Å². The van der Waals surface area contributed by atoms with Crippen LogP contribution in [0.5, 0.6) is 0 Å². The number of aliphatic hydroxyl groups excluding tert-OH is 1. The molecule has 2 N–H and O–H groups in total. The lowest BCUT2D eigenvalue weighted by Crippen LogP contribution is -2.51. The summed E-state index contributed by atoms with van der Waals surface area (Å²) in [5.41, 5.74) is 0.0700. The van der Waals surface area contributed by atoms with E-state index >= 15 is 0 Å². The van der Waals surface area contributed by atoms with Crippen molar-refractivity contribution >= 4 is 17.5 Å². The number of amides is 1. The van der Waals surface area contributed by atoms with Gasteiger partial charge in [0.15, 0.2) is 0 Å². The van der Waals surface area contributed by atoms with Gasteiger partial charge in [0.25, 0.3) is 0 Å². The summed E-state index contributed by atoms with van der Waals surface area (Å²) >= 11 is 5.97. The molecule has 0 unspecified atom stereocenters. The predicted molar refractivity (Wildman–Crippen MR) is 107 cm³/mol. The summed E-state index contributed by atoms with van der Waals surface area (Å²) in [7, 11) is 0. The van der Waals surface area contributed by atoms with E-state index in [1.54, 1.807) is 12.1 Å². The maximum atomic E-state index is 12.9. The average molecular weight is 442 g/mol. The van der Waals surface area contributed by atoms with E-state index in [1.807, 2.05) is 19.1 Å². The molecule has 0 spiro atoms. The highest BCUT2D eigenvalue weighted by molar-refractivity contribution is 6.30. The third-order valence-corrected chi connectivity index (χ3v) is 5.48. The van der Waals surface area contributed by atoms with Crippen LogP contribution in [0.4, 0.5) is 13.2 Å². The highest BCUT2D eigenvalue weighted by Crippen LogP contribution is 2.44. The molecule has 8 heteroatoms. The van der Waals surface area contributed by atoms with E-state index < -0.39 is 23.4 Å². The number of nitrogens with one attached hydrogen (secondary N) is 1. The number of hydrogen-bond acceptors (Lipinski definition) is 3. The number of benzene rings is 2. The summed E-state index contributed by atoms with van der Waals surface area (Å²) < 4.78 is 45.0. The molecule has 162 valence electrons. The van der Waals surface area contributed by atoms with Gasteiger partial charge >= 0.3 is 6.18 Å². The van der Waals surface area contributed by atoms with Crippen LogP contribution in [0.25, 0.3) is 0 Å². The molecule has 0 aliphatic carbocycles. The van der Waals surface area contributed by atoms with Crippen molar-refractivity contribution in [2.24, 2.45) is 0 Å². The monoisotopic (exact) mass is 441 g/mol. The van der Waals surface area contributed by atoms with Gasteiger partial charge in [-0.15, -0.1) is 0 Å². The normalized spacial score (nSPS) is 24.5. The van der Waals surface area contributed by atoms with E-state index in [0.717, 1.165) is 17.7 Å². The van der Waals surface area contributed by atoms with Crippen molar-refractivity contribution in [3.8, 4) is 0 Å². The van der Waals surface area contributed by atoms with Gasteiger partial charge in [-0.05, 0) is 42.3 Å². The maximum Gasteiger partial charge on any atom is 0.416 e. The largest absolute Gasteiger partial charge is 0.416 e. The van der Waals surface area contributed by atoms with Gasteiger partial charge in [-0.25, -0.2) is 0 Å². The first-order chi connectivity index (χ1) is 14.1. The molecule has 0 bridgehead atoms.